The summed E-state index contributed by atoms with van der Waals surface area (Å²) in [7, 11) is 0. The highest BCUT2D eigenvalue weighted by Gasteiger charge is 2.19. The standard InChI is InChI=1S/C14H19ClN2O3/c1-8(2)7-17-13(18)9(3)20-14(19)10-4-5-12(16)11(15)6-10/h4-6,8-9H,7,16H2,1-3H3,(H,17,18). The van der Waals surface area contributed by atoms with Crippen LogP contribution in [0.1, 0.15) is 31.1 Å². The van der Waals surface area contributed by atoms with Gasteiger partial charge in [0.1, 0.15) is 0 Å². The number of hydrogen-bond acceptors (Lipinski definition) is 4. The normalized spacial score (nSPS) is 12.1. The first-order chi connectivity index (χ1) is 9.31. The van der Waals surface area contributed by atoms with Gasteiger partial charge in [-0.1, -0.05) is 25.4 Å². The molecule has 0 bridgehead atoms. The van der Waals surface area contributed by atoms with Gasteiger partial charge in [-0.25, -0.2) is 4.79 Å². The molecule has 0 heterocycles. The summed E-state index contributed by atoms with van der Waals surface area (Å²) < 4.78 is 5.07. The summed E-state index contributed by atoms with van der Waals surface area (Å²) >= 11 is 5.83. The van der Waals surface area contributed by atoms with Gasteiger partial charge in [-0.3, -0.25) is 4.79 Å². The highest BCUT2D eigenvalue weighted by Crippen LogP contribution is 2.20. The predicted octanol–water partition coefficient (Wildman–Crippen LogP) is 2.24. The van der Waals surface area contributed by atoms with Crippen molar-refractivity contribution >= 4 is 29.2 Å². The molecule has 1 atom stereocenters. The van der Waals surface area contributed by atoms with Crippen molar-refractivity contribution in [3.05, 3.63) is 28.8 Å². The molecule has 1 amide bonds. The maximum atomic E-state index is 11.9. The lowest BCUT2D eigenvalue weighted by molar-refractivity contribution is -0.129. The number of carbonyl (C=O) groups excluding carboxylic acids is 2. The van der Waals surface area contributed by atoms with Crippen molar-refractivity contribution in [2.45, 2.75) is 26.9 Å². The monoisotopic (exact) mass is 298 g/mol. The van der Waals surface area contributed by atoms with Crippen LogP contribution in [0.4, 0.5) is 5.69 Å². The van der Waals surface area contributed by atoms with E-state index in [1.54, 1.807) is 0 Å². The van der Waals surface area contributed by atoms with Crippen molar-refractivity contribution in [1.29, 1.82) is 0 Å². The Bertz CT molecular complexity index is 503. The van der Waals surface area contributed by atoms with Gasteiger partial charge in [-0.2, -0.15) is 0 Å². The number of hydrogen-bond donors (Lipinski definition) is 2. The van der Waals surface area contributed by atoms with Crippen LogP contribution in [0, 0.1) is 5.92 Å². The first-order valence-electron chi connectivity index (χ1n) is 6.35. The fourth-order valence-corrected chi connectivity index (χ4v) is 1.57. The number of amides is 1. The van der Waals surface area contributed by atoms with Crippen molar-refractivity contribution in [3.8, 4) is 0 Å². The third-order valence-electron chi connectivity index (χ3n) is 2.57. The Morgan fingerprint density at radius 2 is 2.00 bits per heavy atom. The summed E-state index contributed by atoms with van der Waals surface area (Å²) in [5, 5.41) is 2.97. The molecule has 1 unspecified atom stereocenters. The average Bonchev–Trinajstić information content (AvgIpc) is 2.38. The quantitative estimate of drug-likeness (QED) is 0.645. The summed E-state index contributed by atoms with van der Waals surface area (Å²) in [6.07, 6.45) is -0.863. The van der Waals surface area contributed by atoms with E-state index in [9.17, 15) is 9.59 Å². The van der Waals surface area contributed by atoms with E-state index in [0.717, 1.165) is 0 Å². The van der Waals surface area contributed by atoms with Gasteiger partial charge in [0.2, 0.25) is 0 Å². The van der Waals surface area contributed by atoms with Crippen LogP contribution in [0.5, 0.6) is 0 Å². The van der Waals surface area contributed by atoms with Crippen LogP contribution in [0.15, 0.2) is 18.2 Å². The first-order valence-corrected chi connectivity index (χ1v) is 6.72. The minimum absolute atomic E-state index is 0.257. The Morgan fingerprint density at radius 1 is 1.35 bits per heavy atom. The summed E-state index contributed by atoms with van der Waals surface area (Å²) in [4.78, 5) is 23.6. The van der Waals surface area contributed by atoms with Crippen molar-refractivity contribution in [1.82, 2.24) is 5.32 Å². The van der Waals surface area contributed by atoms with Crippen molar-refractivity contribution < 1.29 is 14.3 Å². The van der Waals surface area contributed by atoms with Crippen LogP contribution in [0.3, 0.4) is 0 Å². The summed E-state index contributed by atoms with van der Waals surface area (Å²) in [6, 6.07) is 4.43. The number of rotatable bonds is 5. The molecule has 6 heteroatoms. The van der Waals surface area contributed by atoms with Crippen LogP contribution in [0.2, 0.25) is 5.02 Å². The van der Waals surface area contributed by atoms with E-state index < -0.39 is 12.1 Å². The molecule has 0 aliphatic heterocycles. The van der Waals surface area contributed by atoms with Crippen LogP contribution >= 0.6 is 11.6 Å². The highest BCUT2D eigenvalue weighted by atomic mass is 35.5. The van der Waals surface area contributed by atoms with Crippen LogP contribution in [-0.2, 0) is 9.53 Å². The van der Waals surface area contributed by atoms with E-state index in [1.165, 1.54) is 25.1 Å². The second-order valence-corrected chi connectivity index (χ2v) is 5.33. The number of nitrogens with two attached hydrogens (primary N) is 1. The second-order valence-electron chi connectivity index (χ2n) is 4.92. The fraction of sp³-hybridized carbons (Fsp3) is 0.429. The van der Waals surface area contributed by atoms with E-state index in [1.807, 2.05) is 13.8 Å². The summed E-state index contributed by atoms with van der Waals surface area (Å²) in [5.41, 5.74) is 6.20. The largest absolute Gasteiger partial charge is 0.449 e. The van der Waals surface area contributed by atoms with Crippen molar-refractivity contribution in [2.75, 3.05) is 12.3 Å². The lowest BCUT2D eigenvalue weighted by Crippen LogP contribution is -2.37. The number of carbonyl (C=O) groups is 2. The van der Waals surface area contributed by atoms with Gasteiger partial charge < -0.3 is 15.8 Å². The zero-order valence-electron chi connectivity index (χ0n) is 11.8. The number of anilines is 1. The van der Waals surface area contributed by atoms with Crippen LogP contribution in [0.25, 0.3) is 0 Å². The zero-order valence-corrected chi connectivity index (χ0v) is 12.5. The third kappa shape index (κ3) is 4.74. The Labute approximate surface area is 123 Å². The Balaban J connectivity index is 2.60. The summed E-state index contributed by atoms with van der Waals surface area (Å²) in [6.45, 7) is 6.02. The van der Waals surface area contributed by atoms with E-state index in [4.69, 9.17) is 22.1 Å². The molecule has 20 heavy (non-hydrogen) atoms. The van der Waals surface area contributed by atoms with Gasteiger partial charge in [-0.05, 0) is 31.0 Å². The lowest BCUT2D eigenvalue weighted by atomic mass is 10.2. The average molecular weight is 299 g/mol. The second kappa shape index (κ2) is 7.14. The SMILES string of the molecule is CC(C)CNC(=O)C(C)OC(=O)c1ccc(N)c(Cl)c1. The molecule has 0 aliphatic carbocycles. The topological polar surface area (TPSA) is 81.4 Å². The maximum absolute atomic E-state index is 11.9. The third-order valence-corrected chi connectivity index (χ3v) is 2.90. The molecule has 5 nitrogen and oxygen atoms in total. The predicted molar refractivity (Wildman–Crippen MR) is 78.6 cm³/mol. The molecule has 1 aromatic rings. The minimum atomic E-state index is -0.863. The molecule has 0 fully saturated rings. The minimum Gasteiger partial charge on any atom is -0.449 e. The number of nitrogen functional groups attached to an aromatic ring is 1. The van der Waals surface area contributed by atoms with Crippen LogP contribution < -0.4 is 11.1 Å². The Morgan fingerprint density at radius 3 is 2.55 bits per heavy atom. The number of esters is 1. The first kappa shape index (κ1) is 16.3. The van der Waals surface area contributed by atoms with Crippen LogP contribution in [-0.4, -0.2) is 24.5 Å². The molecule has 0 aromatic heterocycles. The van der Waals surface area contributed by atoms with Gasteiger partial charge in [0.25, 0.3) is 5.91 Å². The number of ether oxygens (including phenoxy) is 1. The Kier molecular flexibility index (Phi) is 5.82. The maximum Gasteiger partial charge on any atom is 0.338 e. The molecule has 0 radical (unpaired) electrons. The molecule has 0 saturated carbocycles. The molecular formula is C14H19ClN2O3. The fourth-order valence-electron chi connectivity index (χ4n) is 1.38. The molecule has 110 valence electrons. The highest BCUT2D eigenvalue weighted by molar-refractivity contribution is 6.33. The van der Waals surface area contributed by atoms with Gasteiger partial charge in [0, 0.05) is 6.54 Å². The van der Waals surface area contributed by atoms with Gasteiger partial charge >= 0.3 is 5.97 Å². The molecule has 0 saturated heterocycles. The van der Waals surface area contributed by atoms with Gasteiger partial charge in [0.15, 0.2) is 6.10 Å². The van der Waals surface area contributed by atoms with Gasteiger partial charge in [0.05, 0.1) is 16.3 Å². The Hall–Kier alpha value is -1.75. The van der Waals surface area contributed by atoms with E-state index in [0.29, 0.717) is 18.2 Å². The molecule has 3 N–H and O–H groups in total. The number of benzene rings is 1. The van der Waals surface area contributed by atoms with Crippen molar-refractivity contribution in [2.24, 2.45) is 5.92 Å². The molecule has 1 rings (SSSR count). The molecule has 0 aliphatic rings. The smallest absolute Gasteiger partial charge is 0.338 e. The molecule has 0 spiro atoms. The number of halogens is 1. The van der Waals surface area contributed by atoms with E-state index >= 15 is 0 Å². The van der Waals surface area contributed by atoms with E-state index in [-0.39, 0.29) is 16.5 Å². The molecule has 1 aromatic carbocycles. The van der Waals surface area contributed by atoms with Gasteiger partial charge in [-0.15, -0.1) is 0 Å². The van der Waals surface area contributed by atoms with Crippen molar-refractivity contribution in [3.63, 3.8) is 0 Å². The van der Waals surface area contributed by atoms with E-state index in [2.05, 4.69) is 5.32 Å². The lowest BCUT2D eigenvalue weighted by Gasteiger charge is -2.14. The zero-order chi connectivity index (χ0) is 15.3. The number of nitrogens with one attached hydrogen (secondary N) is 1. The molecular weight excluding hydrogens is 280 g/mol. The summed E-state index contributed by atoms with van der Waals surface area (Å²) in [5.74, 6) is -0.606.